The van der Waals surface area contributed by atoms with Crippen LogP contribution in [0.5, 0.6) is 6.01 Å². The fourth-order valence-electron chi connectivity index (χ4n) is 1.15. The van der Waals surface area contributed by atoms with Crippen molar-refractivity contribution in [2.24, 2.45) is 0 Å². The van der Waals surface area contributed by atoms with E-state index in [4.69, 9.17) is 16.3 Å². The molecule has 0 saturated carbocycles. The van der Waals surface area contributed by atoms with E-state index in [1.54, 1.807) is 18.2 Å². The van der Waals surface area contributed by atoms with Gasteiger partial charge >= 0.3 is 6.01 Å². The first-order valence-electron chi connectivity index (χ1n) is 4.72. The first kappa shape index (κ1) is 10.1. The van der Waals surface area contributed by atoms with Crippen molar-refractivity contribution in [1.29, 1.82) is 0 Å². The van der Waals surface area contributed by atoms with Crippen molar-refractivity contribution in [1.82, 2.24) is 15.2 Å². The van der Waals surface area contributed by atoms with Gasteiger partial charge in [-0.1, -0.05) is 23.6 Å². The third kappa shape index (κ3) is 2.33. The Labute approximate surface area is 92.3 Å². The van der Waals surface area contributed by atoms with E-state index in [9.17, 15) is 0 Å². The quantitative estimate of drug-likeness (QED) is 0.802. The number of ether oxygens (including phenoxy) is 1. The van der Waals surface area contributed by atoms with Crippen LogP contribution in [0.3, 0.4) is 0 Å². The molecule has 2 rings (SSSR count). The normalized spacial score (nSPS) is 10.5. The molecule has 0 bridgehead atoms. The summed E-state index contributed by atoms with van der Waals surface area (Å²) in [6.07, 6.45) is 0.919. The standard InChI is InChI=1S/C10H10ClN3O/c1-2-5-15-10-12-8-4-3-7(11)6-9(8)13-14-10/h3-4,6H,2,5H2,1H3. The molecule has 5 heteroatoms. The van der Waals surface area contributed by atoms with Crippen molar-refractivity contribution in [3.8, 4) is 6.01 Å². The third-order valence-electron chi connectivity index (χ3n) is 1.83. The summed E-state index contributed by atoms with van der Waals surface area (Å²) in [6.45, 7) is 2.62. The van der Waals surface area contributed by atoms with Gasteiger partial charge in [0, 0.05) is 5.02 Å². The van der Waals surface area contributed by atoms with Crippen LogP contribution in [-0.2, 0) is 0 Å². The van der Waals surface area contributed by atoms with E-state index in [1.807, 2.05) is 6.92 Å². The van der Waals surface area contributed by atoms with Crippen LogP contribution in [0.1, 0.15) is 13.3 Å². The summed E-state index contributed by atoms with van der Waals surface area (Å²) in [5.74, 6) is 0. The van der Waals surface area contributed by atoms with Gasteiger partial charge in [-0.15, -0.1) is 5.10 Å². The first-order valence-corrected chi connectivity index (χ1v) is 5.10. The van der Waals surface area contributed by atoms with Gasteiger partial charge in [-0.3, -0.25) is 0 Å². The Kier molecular flexibility index (Phi) is 2.97. The molecule has 0 saturated heterocycles. The second-order valence-electron chi connectivity index (χ2n) is 3.08. The van der Waals surface area contributed by atoms with Crippen molar-refractivity contribution in [2.45, 2.75) is 13.3 Å². The number of nitrogens with zero attached hydrogens (tertiary/aromatic N) is 3. The fraction of sp³-hybridized carbons (Fsp3) is 0.300. The van der Waals surface area contributed by atoms with E-state index in [1.165, 1.54) is 0 Å². The number of aromatic nitrogens is 3. The minimum absolute atomic E-state index is 0.312. The van der Waals surface area contributed by atoms with Gasteiger partial charge in [0.1, 0.15) is 5.52 Å². The molecule has 0 radical (unpaired) electrons. The number of rotatable bonds is 3. The molecule has 0 aliphatic rings. The lowest BCUT2D eigenvalue weighted by molar-refractivity contribution is 0.290. The van der Waals surface area contributed by atoms with Gasteiger partial charge in [0.2, 0.25) is 0 Å². The predicted octanol–water partition coefficient (Wildman–Crippen LogP) is 2.47. The molecule has 0 unspecified atom stereocenters. The lowest BCUT2D eigenvalue weighted by atomic mass is 10.3. The van der Waals surface area contributed by atoms with Gasteiger partial charge in [-0.25, -0.2) is 0 Å². The monoisotopic (exact) mass is 223 g/mol. The SMILES string of the molecule is CCCOc1nnc2cc(Cl)ccc2n1. The summed E-state index contributed by atoms with van der Waals surface area (Å²) in [7, 11) is 0. The van der Waals surface area contributed by atoms with E-state index in [0.717, 1.165) is 11.9 Å². The smallest absolute Gasteiger partial charge is 0.336 e. The number of fused-ring (bicyclic) bond motifs is 1. The molecule has 0 atom stereocenters. The van der Waals surface area contributed by atoms with Crippen LogP contribution in [0, 0.1) is 0 Å². The van der Waals surface area contributed by atoms with E-state index in [2.05, 4.69) is 15.2 Å². The zero-order valence-corrected chi connectivity index (χ0v) is 9.03. The molecule has 78 valence electrons. The number of hydrogen-bond donors (Lipinski definition) is 0. The Morgan fingerprint density at radius 2 is 2.13 bits per heavy atom. The first-order chi connectivity index (χ1) is 7.29. The highest BCUT2D eigenvalue weighted by Crippen LogP contribution is 2.16. The molecule has 0 aliphatic carbocycles. The lowest BCUT2D eigenvalue weighted by Crippen LogP contribution is -2.01. The molecule has 0 spiro atoms. The molecule has 0 aliphatic heterocycles. The summed E-state index contributed by atoms with van der Waals surface area (Å²) in [5, 5.41) is 8.44. The van der Waals surface area contributed by atoms with Gasteiger partial charge in [0.15, 0.2) is 0 Å². The number of benzene rings is 1. The minimum Gasteiger partial charge on any atom is -0.462 e. The zero-order valence-electron chi connectivity index (χ0n) is 8.27. The molecule has 0 N–H and O–H groups in total. The lowest BCUT2D eigenvalue weighted by Gasteiger charge is -2.02. The maximum absolute atomic E-state index is 5.82. The molecule has 4 nitrogen and oxygen atoms in total. The molecule has 15 heavy (non-hydrogen) atoms. The van der Waals surface area contributed by atoms with Crippen LogP contribution in [0.25, 0.3) is 11.0 Å². The number of hydrogen-bond acceptors (Lipinski definition) is 4. The fourth-order valence-corrected chi connectivity index (χ4v) is 1.31. The Balaban J connectivity index is 2.34. The largest absolute Gasteiger partial charge is 0.462 e. The van der Waals surface area contributed by atoms with E-state index < -0.39 is 0 Å². The third-order valence-corrected chi connectivity index (χ3v) is 2.07. The van der Waals surface area contributed by atoms with E-state index >= 15 is 0 Å². The maximum Gasteiger partial charge on any atom is 0.336 e. The molecular weight excluding hydrogens is 214 g/mol. The van der Waals surface area contributed by atoms with Gasteiger partial charge in [0.25, 0.3) is 0 Å². The average molecular weight is 224 g/mol. The molecule has 1 heterocycles. The van der Waals surface area contributed by atoms with Crippen LogP contribution in [-0.4, -0.2) is 21.8 Å². The van der Waals surface area contributed by atoms with E-state index in [0.29, 0.717) is 23.2 Å². The summed E-state index contributed by atoms with van der Waals surface area (Å²) >= 11 is 5.82. The van der Waals surface area contributed by atoms with E-state index in [-0.39, 0.29) is 0 Å². The van der Waals surface area contributed by atoms with Gasteiger partial charge in [0.05, 0.1) is 12.1 Å². The van der Waals surface area contributed by atoms with Crippen LogP contribution in [0.4, 0.5) is 0 Å². The Bertz CT molecular complexity index is 475. The molecule has 2 aromatic rings. The van der Waals surface area contributed by atoms with Crippen molar-refractivity contribution in [3.63, 3.8) is 0 Å². The summed E-state index contributed by atoms with van der Waals surface area (Å²) in [6, 6.07) is 5.60. The Hall–Kier alpha value is -1.42. The maximum atomic E-state index is 5.82. The second-order valence-corrected chi connectivity index (χ2v) is 3.51. The van der Waals surface area contributed by atoms with Gasteiger partial charge in [-0.05, 0) is 24.6 Å². The topological polar surface area (TPSA) is 47.9 Å². The van der Waals surface area contributed by atoms with Crippen LogP contribution >= 0.6 is 11.6 Å². The predicted molar refractivity (Wildman–Crippen MR) is 58.1 cm³/mol. The van der Waals surface area contributed by atoms with Crippen LogP contribution in [0.15, 0.2) is 18.2 Å². The Morgan fingerprint density at radius 1 is 1.27 bits per heavy atom. The number of halogens is 1. The highest BCUT2D eigenvalue weighted by Gasteiger charge is 2.02. The van der Waals surface area contributed by atoms with Crippen LogP contribution < -0.4 is 4.74 Å². The zero-order chi connectivity index (χ0) is 10.7. The minimum atomic E-state index is 0.312. The molecule has 1 aromatic carbocycles. The molecular formula is C10H10ClN3O. The summed E-state index contributed by atoms with van der Waals surface area (Å²) in [4.78, 5) is 4.20. The van der Waals surface area contributed by atoms with Crippen molar-refractivity contribution < 1.29 is 4.74 Å². The molecule has 0 fully saturated rings. The Morgan fingerprint density at radius 3 is 2.93 bits per heavy atom. The molecule has 0 amide bonds. The van der Waals surface area contributed by atoms with Crippen molar-refractivity contribution >= 4 is 22.6 Å². The average Bonchev–Trinajstić information content (AvgIpc) is 2.26. The van der Waals surface area contributed by atoms with Gasteiger partial charge < -0.3 is 4.74 Å². The van der Waals surface area contributed by atoms with Gasteiger partial charge in [-0.2, -0.15) is 4.98 Å². The summed E-state index contributed by atoms with van der Waals surface area (Å²) in [5.41, 5.74) is 1.41. The summed E-state index contributed by atoms with van der Waals surface area (Å²) < 4.78 is 5.28. The highest BCUT2D eigenvalue weighted by atomic mass is 35.5. The molecule has 1 aromatic heterocycles. The second kappa shape index (κ2) is 4.40. The van der Waals surface area contributed by atoms with Crippen molar-refractivity contribution in [3.05, 3.63) is 23.2 Å². The highest BCUT2D eigenvalue weighted by molar-refractivity contribution is 6.31. The van der Waals surface area contributed by atoms with Crippen molar-refractivity contribution in [2.75, 3.05) is 6.61 Å². The van der Waals surface area contributed by atoms with Crippen LogP contribution in [0.2, 0.25) is 5.02 Å².